The molecule has 0 aliphatic carbocycles. The molecule has 0 radical (unpaired) electrons. The third-order valence-electron chi connectivity index (χ3n) is 3.34. The minimum atomic E-state index is 0.387. The number of ether oxygens (including phenoxy) is 2. The molecule has 0 aliphatic rings. The molecule has 0 fully saturated rings. The van der Waals surface area contributed by atoms with Crippen LogP contribution in [0.3, 0.4) is 0 Å². The predicted molar refractivity (Wildman–Crippen MR) is 95.8 cm³/mol. The Labute approximate surface area is 147 Å². The van der Waals surface area contributed by atoms with Crippen LogP contribution in [0.25, 0.3) is 0 Å². The quantitative estimate of drug-likeness (QED) is 0.752. The monoisotopic (exact) mass is 353 g/mol. The first-order chi connectivity index (χ1) is 11.0. The van der Waals surface area contributed by atoms with Crippen LogP contribution in [0.2, 0.25) is 10.0 Å². The first-order valence-corrected chi connectivity index (χ1v) is 8.22. The van der Waals surface area contributed by atoms with Crippen molar-refractivity contribution in [2.45, 2.75) is 33.0 Å². The summed E-state index contributed by atoms with van der Waals surface area (Å²) in [6, 6.07) is 11.6. The van der Waals surface area contributed by atoms with Crippen molar-refractivity contribution in [2.24, 2.45) is 0 Å². The maximum absolute atomic E-state index is 6.35. The molecule has 0 bridgehead atoms. The van der Waals surface area contributed by atoms with Crippen LogP contribution in [-0.4, -0.2) is 13.2 Å². The van der Waals surface area contributed by atoms with E-state index in [2.05, 4.69) is 19.2 Å². The van der Waals surface area contributed by atoms with Gasteiger partial charge in [-0.3, -0.25) is 0 Å². The van der Waals surface area contributed by atoms with Crippen LogP contribution in [0.1, 0.15) is 25.0 Å². The second-order valence-corrected chi connectivity index (χ2v) is 6.39. The summed E-state index contributed by atoms with van der Waals surface area (Å²) in [6.45, 7) is 5.29. The number of hydrogen-bond donors (Lipinski definition) is 1. The molecule has 0 aromatic heterocycles. The molecule has 23 heavy (non-hydrogen) atoms. The van der Waals surface area contributed by atoms with Crippen molar-refractivity contribution in [3.05, 3.63) is 57.6 Å². The van der Waals surface area contributed by atoms with Crippen molar-refractivity contribution in [3.63, 3.8) is 0 Å². The van der Waals surface area contributed by atoms with Crippen molar-refractivity contribution >= 4 is 23.2 Å². The van der Waals surface area contributed by atoms with Gasteiger partial charge >= 0.3 is 0 Å². The molecule has 0 saturated heterocycles. The van der Waals surface area contributed by atoms with Crippen molar-refractivity contribution in [1.82, 2.24) is 5.32 Å². The van der Waals surface area contributed by atoms with E-state index in [9.17, 15) is 0 Å². The number of hydrogen-bond acceptors (Lipinski definition) is 3. The highest BCUT2D eigenvalue weighted by Crippen LogP contribution is 2.34. The van der Waals surface area contributed by atoms with Crippen molar-refractivity contribution in [3.8, 4) is 11.5 Å². The van der Waals surface area contributed by atoms with E-state index >= 15 is 0 Å². The van der Waals surface area contributed by atoms with Gasteiger partial charge in [-0.15, -0.1) is 0 Å². The minimum absolute atomic E-state index is 0.387. The fourth-order valence-electron chi connectivity index (χ4n) is 2.04. The van der Waals surface area contributed by atoms with Gasteiger partial charge in [0.15, 0.2) is 11.5 Å². The van der Waals surface area contributed by atoms with Crippen LogP contribution in [-0.2, 0) is 13.2 Å². The van der Waals surface area contributed by atoms with E-state index in [1.54, 1.807) is 13.2 Å². The number of halogens is 2. The van der Waals surface area contributed by atoms with E-state index in [0.29, 0.717) is 40.7 Å². The average molecular weight is 354 g/mol. The average Bonchev–Trinajstić information content (AvgIpc) is 2.53. The number of nitrogens with one attached hydrogen (secondary N) is 1. The third-order valence-corrected chi connectivity index (χ3v) is 3.94. The van der Waals surface area contributed by atoms with Crippen LogP contribution >= 0.6 is 23.2 Å². The van der Waals surface area contributed by atoms with Gasteiger partial charge in [0.1, 0.15) is 6.61 Å². The first kappa shape index (κ1) is 17.9. The summed E-state index contributed by atoms with van der Waals surface area (Å²) in [6.07, 6.45) is 0. The molecule has 124 valence electrons. The second kappa shape index (κ2) is 8.44. The third kappa shape index (κ3) is 5.31. The Balaban J connectivity index is 2.11. The number of benzene rings is 2. The van der Waals surface area contributed by atoms with Gasteiger partial charge in [0.2, 0.25) is 0 Å². The molecular formula is C18H21Cl2NO2. The highest BCUT2D eigenvalue weighted by molar-refractivity contribution is 6.31. The first-order valence-electron chi connectivity index (χ1n) is 7.46. The summed E-state index contributed by atoms with van der Waals surface area (Å²) in [5.41, 5.74) is 2.01. The zero-order chi connectivity index (χ0) is 16.8. The summed E-state index contributed by atoms with van der Waals surface area (Å²) in [5.74, 6) is 1.30. The normalized spacial score (nSPS) is 10.9. The molecule has 5 heteroatoms. The zero-order valence-corrected chi connectivity index (χ0v) is 15.0. The van der Waals surface area contributed by atoms with E-state index in [0.717, 1.165) is 11.1 Å². The van der Waals surface area contributed by atoms with Gasteiger partial charge in [0.05, 0.1) is 7.11 Å². The van der Waals surface area contributed by atoms with Gasteiger partial charge in [0.25, 0.3) is 0 Å². The van der Waals surface area contributed by atoms with Crippen molar-refractivity contribution in [2.75, 3.05) is 7.11 Å². The standard InChI is InChI=1S/C18H21Cl2NO2/c1-12(2)21-10-14-8-17(22-3)18(9-16(14)20)23-11-13-4-6-15(19)7-5-13/h4-9,12,21H,10-11H2,1-3H3. The Hall–Kier alpha value is -1.42. The van der Waals surface area contributed by atoms with Crippen LogP contribution < -0.4 is 14.8 Å². The van der Waals surface area contributed by atoms with E-state index in [-0.39, 0.29) is 0 Å². The molecule has 2 rings (SSSR count). The maximum Gasteiger partial charge on any atom is 0.163 e. The minimum Gasteiger partial charge on any atom is -0.493 e. The smallest absolute Gasteiger partial charge is 0.163 e. The highest BCUT2D eigenvalue weighted by Gasteiger charge is 2.11. The van der Waals surface area contributed by atoms with Crippen LogP contribution in [0.5, 0.6) is 11.5 Å². The molecule has 0 unspecified atom stereocenters. The Kier molecular flexibility index (Phi) is 6.58. The predicted octanol–water partition coefficient (Wildman–Crippen LogP) is 5.08. The van der Waals surface area contributed by atoms with Crippen molar-refractivity contribution < 1.29 is 9.47 Å². The molecule has 0 aliphatic heterocycles. The van der Waals surface area contributed by atoms with Gasteiger partial charge < -0.3 is 14.8 Å². The molecule has 0 spiro atoms. The number of rotatable bonds is 7. The molecular weight excluding hydrogens is 333 g/mol. The maximum atomic E-state index is 6.35. The lowest BCUT2D eigenvalue weighted by Gasteiger charge is -2.15. The summed E-state index contributed by atoms with van der Waals surface area (Å²) in [4.78, 5) is 0. The van der Waals surface area contributed by atoms with Crippen LogP contribution in [0.15, 0.2) is 36.4 Å². The van der Waals surface area contributed by atoms with Crippen LogP contribution in [0.4, 0.5) is 0 Å². The van der Waals surface area contributed by atoms with Gasteiger partial charge in [-0.25, -0.2) is 0 Å². The summed E-state index contributed by atoms with van der Waals surface area (Å²) >= 11 is 12.2. The lowest BCUT2D eigenvalue weighted by atomic mass is 10.2. The summed E-state index contributed by atoms with van der Waals surface area (Å²) < 4.78 is 11.3. The Morgan fingerprint density at radius 2 is 1.74 bits per heavy atom. The lowest BCUT2D eigenvalue weighted by molar-refractivity contribution is 0.284. The summed E-state index contributed by atoms with van der Waals surface area (Å²) in [7, 11) is 1.62. The lowest BCUT2D eigenvalue weighted by Crippen LogP contribution is -2.22. The largest absolute Gasteiger partial charge is 0.493 e. The highest BCUT2D eigenvalue weighted by atomic mass is 35.5. The molecule has 3 nitrogen and oxygen atoms in total. The fraction of sp³-hybridized carbons (Fsp3) is 0.333. The topological polar surface area (TPSA) is 30.5 Å². The van der Waals surface area contributed by atoms with E-state index in [4.69, 9.17) is 32.7 Å². The Morgan fingerprint density at radius 3 is 2.35 bits per heavy atom. The van der Waals surface area contributed by atoms with E-state index < -0.39 is 0 Å². The van der Waals surface area contributed by atoms with Crippen LogP contribution in [0, 0.1) is 0 Å². The van der Waals surface area contributed by atoms with E-state index in [1.807, 2.05) is 30.3 Å². The molecule has 0 heterocycles. The Bertz CT molecular complexity index is 642. The molecule has 2 aromatic carbocycles. The SMILES string of the molecule is COc1cc(CNC(C)C)c(Cl)cc1OCc1ccc(Cl)cc1. The van der Waals surface area contributed by atoms with Crippen molar-refractivity contribution in [1.29, 1.82) is 0 Å². The molecule has 0 saturated carbocycles. The van der Waals surface area contributed by atoms with Gasteiger partial charge in [-0.1, -0.05) is 49.2 Å². The molecule has 0 amide bonds. The molecule has 0 atom stereocenters. The number of methoxy groups -OCH3 is 1. The van der Waals surface area contributed by atoms with Gasteiger partial charge in [-0.2, -0.15) is 0 Å². The molecule has 1 N–H and O–H groups in total. The second-order valence-electron chi connectivity index (χ2n) is 5.55. The summed E-state index contributed by atoms with van der Waals surface area (Å²) in [5, 5.41) is 4.71. The van der Waals surface area contributed by atoms with E-state index in [1.165, 1.54) is 0 Å². The Morgan fingerprint density at radius 1 is 1.04 bits per heavy atom. The fourth-order valence-corrected chi connectivity index (χ4v) is 2.39. The molecule has 2 aromatic rings. The zero-order valence-electron chi connectivity index (χ0n) is 13.5. The van der Waals surface area contributed by atoms with Gasteiger partial charge in [-0.05, 0) is 29.3 Å². The van der Waals surface area contributed by atoms with Gasteiger partial charge in [0, 0.05) is 28.7 Å².